The van der Waals surface area contributed by atoms with Crippen LogP contribution in [-0.2, 0) is 14.8 Å². The second-order valence-electron chi connectivity index (χ2n) is 6.59. The lowest BCUT2D eigenvalue weighted by atomic mass is 9.87. The maximum absolute atomic E-state index is 12.3. The predicted molar refractivity (Wildman–Crippen MR) is 91.2 cm³/mol. The zero-order valence-corrected chi connectivity index (χ0v) is 14.5. The summed E-state index contributed by atoms with van der Waals surface area (Å²) < 4.78 is 32.5. The van der Waals surface area contributed by atoms with Crippen LogP contribution in [0.15, 0.2) is 29.2 Å². The summed E-state index contributed by atoms with van der Waals surface area (Å²) in [5.74, 6) is 1.30. The summed E-state index contributed by atoms with van der Waals surface area (Å²) in [6.07, 6.45) is 4.71. The number of hydrogen-bond donors (Lipinski definition) is 1. The number of rotatable bonds is 5. The standard InChI is InChI=1S/C17H26N2O3S/c1-18-23(20,21)17-7-3-2-6-16(17)19-9-4-5-14(12-19)11-15-8-10-22-13-15/h2-3,6-7,14-15,18H,4-5,8-13H2,1H3. The van der Waals surface area contributed by atoms with Crippen molar-refractivity contribution in [3.63, 3.8) is 0 Å². The number of benzene rings is 1. The molecule has 2 fully saturated rings. The molecule has 6 heteroatoms. The molecule has 0 aliphatic carbocycles. The molecule has 1 N–H and O–H groups in total. The Bertz CT molecular complexity index is 626. The largest absolute Gasteiger partial charge is 0.381 e. The second kappa shape index (κ2) is 7.20. The Balaban J connectivity index is 1.76. The smallest absolute Gasteiger partial charge is 0.242 e. The molecule has 1 aromatic carbocycles. The van der Waals surface area contributed by atoms with Crippen molar-refractivity contribution in [3.05, 3.63) is 24.3 Å². The molecule has 2 saturated heterocycles. The van der Waals surface area contributed by atoms with Gasteiger partial charge >= 0.3 is 0 Å². The van der Waals surface area contributed by atoms with Crippen LogP contribution in [0.2, 0.25) is 0 Å². The minimum absolute atomic E-state index is 0.382. The summed E-state index contributed by atoms with van der Waals surface area (Å²) >= 11 is 0. The lowest BCUT2D eigenvalue weighted by Crippen LogP contribution is -2.37. The highest BCUT2D eigenvalue weighted by molar-refractivity contribution is 7.89. The van der Waals surface area contributed by atoms with Gasteiger partial charge < -0.3 is 9.64 Å². The first kappa shape index (κ1) is 16.7. The fraction of sp³-hybridized carbons (Fsp3) is 0.647. The topological polar surface area (TPSA) is 58.6 Å². The van der Waals surface area contributed by atoms with Gasteiger partial charge in [0.05, 0.1) is 5.69 Å². The Hall–Kier alpha value is -1.11. The molecule has 0 saturated carbocycles. The normalized spacial score (nSPS) is 25.7. The zero-order valence-electron chi connectivity index (χ0n) is 13.7. The Morgan fingerprint density at radius 2 is 2.09 bits per heavy atom. The first-order valence-electron chi connectivity index (χ1n) is 8.45. The fourth-order valence-electron chi connectivity index (χ4n) is 3.77. The average Bonchev–Trinajstić information content (AvgIpc) is 3.08. The summed E-state index contributed by atoms with van der Waals surface area (Å²) in [6.45, 7) is 3.65. The Labute approximate surface area is 139 Å². The molecule has 0 spiro atoms. The second-order valence-corrected chi connectivity index (χ2v) is 8.45. The molecule has 5 nitrogen and oxygen atoms in total. The summed E-state index contributed by atoms with van der Waals surface area (Å²) in [6, 6.07) is 7.31. The van der Waals surface area contributed by atoms with Crippen molar-refractivity contribution in [2.75, 3.05) is 38.3 Å². The molecule has 0 amide bonds. The van der Waals surface area contributed by atoms with E-state index in [1.807, 2.05) is 12.1 Å². The summed E-state index contributed by atoms with van der Waals surface area (Å²) in [7, 11) is -1.97. The Morgan fingerprint density at radius 1 is 1.26 bits per heavy atom. The van der Waals surface area contributed by atoms with Gasteiger partial charge in [-0.1, -0.05) is 12.1 Å². The molecule has 0 aromatic heterocycles. The quantitative estimate of drug-likeness (QED) is 0.894. The minimum atomic E-state index is -3.43. The van der Waals surface area contributed by atoms with Gasteiger partial charge in [-0.15, -0.1) is 0 Å². The van der Waals surface area contributed by atoms with Crippen molar-refractivity contribution in [1.82, 2.24) is 4.72 Å². The van der Waals surface area contributed by atoms with Gasteiger partial charge in [-0.2, -0.15) is 0 Å². The molecule has 1 aromatic rings. The number of para-hydroxylation sites is 1. The lowest BCUT2D eigenvalue weighted by molar-refractivity contribution is 0.178. The highest BCUT2D eigenvalue weighted by atomic mass is 32.2. The molecule has 3 rings (SSSR count). The molecular formula is C17H26N2O3S. The SMILES string of the molecule is CNS(=O)(=O)c1ccccc1N1CCCC(CC2CCOC2)C1. The highest BCUT2D eigenvalue weighted by Crippen LogP contribution is 2.32. The third-order valence-electron chi connectivity index (χ3n) is 4.97. The predicted octanol–water partition coefficient (Wildman–Crippen LogP) is 2.24. The number of piperidine rings is 1. The van der Waals surface area contributed by atoms with Gasteiger partial charge in [-0.25, -0.2) is 13.1 Å². The zero-order chi connectivity index (χ0) is 16.3. The van der Waals surface area contributed by atoms with Gasteiger partial charge in [-0.3, -0.25) is 0 Å². The maximum Gasteiger partial charge on any atom is 0.242 e. The molecule has 23 heavy (non-hydrogen) atoms. The van der Waals surface area contributed by atoms with Crippen LogP contribution in [0.25, 0.3) is 0 Å². The monoisotopic (exact) mass is 338 g/mol. The van der Waals surface area contributed by atoms with E-state index in [2.05, 4.69) is 9.62 Å². The van der Waals surface area contributed by atoms with Crippen LogP contribution < -0.4 is 9.62 Å². The van der Waals surface area contributed by atoms with E-state index >= 15 is 0 Å². The molecule has 2 aliphatic heterocycles. The van der Waals surface area contributed by atoms with Gasteiger partial charge in [0.25, 0.3) is 0 Å². The third kappa shape index (κ3) is 3.87. The first-order valence-corrected chi connectivity index (χ1v) is 9.93. The summed E-state index contributed by atoms with van der Waals surface area (Å²) in [5.41, 5.74) is 0.828. The van der Waals surface area contributed by atoms with Crippen LogP contribution in [-0.4, -0.2) is 41.8 Å². The molecule has 2 unspecified atom stereocenters. The number of nitrogens with zero attached hydrogens (tertiary/aromatic N) is 1. The summed E-state index contributed by atoms with van der Waals surface area (Å²) in [5, 5.41) is 0. The molecule has 2 heterocycles. The number of ether oxygens (including phenoxy) is 1. The van der Waals surface area contributed by atoms with E-state index in [-0.39, 0.29) is 0 Å². The highest BCUT2D eigenvalue weighted by Gasteiger charge is 2.28. The molecule has 2 atom stereocenters. The third-order valence-corrected chi connectivity index (χ3v) is 6.44. The van der Waals surface area contributed by atoms with Crippen LogP contribution in [0, 0.1) is 11.8 Å². The molecular weight excluding hydrogens is 312 g/mol. The van der Waals surface area contributed by atoms with Crippen molar-refractivity contribution in [3.8, 4) is 0 Å². The van der Waals surface area contributed by atoms with Gasteiger partial charge in [0, 0.05) is 26.3 Å². The van der Waals surface area contributed by atoms with Gasteiger partial charge in [-0.05, 0) is 56.7 Å². The van der Waals surface area contributed by atoms with Crippen LogP contribution in [0.4, 0.5) is 5.69 Å². The van der Waals surface area contributed by atoms with E-state index < -0.39 is 10.0 Å². The van der Waals surface area contributed by atoms with Crippen molar-refractivity contribution in [1.29, 1.82) is 0 Å². The maximum atomic E-state index is 12.3. The number of anilines is 1. The van der Waals surface area contributed by atoms with Gasteiger partial charge in [0.15, 0.2) is 0 Å². The van der Waals surface area contributed by atoms with Crippen LogP contribution in [0.1, 0.15) is 25.7 Å². The van der Waals surface area contributed by atoms with Crippen LogP contribution in [0.5, 0.6) is 0 Å². The van der Waals surface area contributed by atoms with Crippen LogP contribution >= 0.6 is 0 Å². The molecule has 0 radical (unpaired) electrons. The van der Waals surface area contributed by atoms with Crippen LogP contribution in [0.3, 0.4) is 0 Å². The lowest BCUT2D eigenvalue weighted by Gasteiger charge is -2.36. The van der Waals surface area contributed by atoms with Crippen molar-refractivity contribution in [2.45, 2.75) is 30.6 Å². The van der Waals surface area contributed by atoms with E-state index in [1.54, 1.807) is 12.1 Å². The number of hydrogen-bond acceptors (Lipinski definition) is 4. The van der Waals surface area contributed by atoms with Crippen molar-refractivity contribution in [2.24, 2.45) is 11.8 Å². The molecule has 0 bridgehead atoms. The van der Waals surface area contributed by atoms with E-state index in [9.17, 15) is 8.42 Å². The number of sulfonamides is 1. The molecule has 2 aliphatic rings. The van der Waals surface area contributed by atoms with E-state index in [1.165, 1.54) is 26.3 Å². The van der Waals surface area contributed by atoms with Gasteiger partial charge in [0.1, 0.15) is 4.90 Å². The fourth-order valence-corrected chi connectivity index (χ4v) is 4.72. The van der Waals surface area contributed by atoms with Crippen molar-refractivity contribution < 1.29 is 13.2 Å². The van der Waals surface area contributed by atoms with Gasteiger partial charge in [0.2, 0.25) is 10.0 Å². The van der Waals surface area contributed by atoms with E-state index in [0.717, 1.165) is 38.4 Å². The van der Waals surface area contributed by atoms with E-state index in [4.69, 9.17) is 4.74 Å². The average molecular weight is 338 g/mol. The summed E-state index contributed by atoms with van der Waals surface area (Å²) in [4.78, 5) is 2.63. The van der Waals surface area contributed by atoms with Crippen molar-refractivity contribution >= 4 is 15.7 Å². The van der Waals surface area contributed by atoms with E-state index in [0.29, 0.717) is 16.7 Å². The molecule has 128 valence electrons. The first-order chi connectivity index (χ1) is 11.1. The Kier molecular flexibility index (Phi) is 5.24. The Morgan fingerprint density at radius 3 is 2.83 bits per heavy atom. The number of nitrogens with one attached hydrogen (secondary N) is 1. The minimum Gasteiger partial charge on any atom is -0.381 e.